The second kappa shape index (κ2) is 9.82. The summed E-state index contributed by atoms with van der Waals surface area (Å²) >= 11 is 0. The average molecular weight is 463 g/mol. The molecule has 0 fully saturated rings. The highest BCUT2D eigenvalue weighted by molar-refractivity contribution is 6.02. The highest BCUT2D eigenvalue weighted by Crippen LogP contribution is 2.31. The van der Waals surface area contributed by atoms with E-state index >= 15 is 0 Å². The molecule has 3 amide bonds. The molecule has 1 aliphatic rings. The van der Waals surface area contributed by atoms with Crippen LogP contribution in [0.3, 0.4) is 0 Å². The summed E-state index contributed by atoms with van der Waals surface area (Å²) in [4.78, 5) is 40.2. The van der Waals surface area contributed by atoms with Crippen LogP contribution in [0.1, 0.15) is 29.7 Å². The van der Waals surface area contributed by atoms with E-state index < -0.39 is 35.5 Å². The Morgan fingerprint density at radius 3 is 2.35 bits per heavy atom. The summed E-state index contributed by atoms with van der Waals surface area (Å²) in [7, 11) is 0. The predicted molar refractivity (Wildman–Crippen MR) is 123 cm³/mol. The molecule has 0 bridgehead atoms. The van der Waals surface area contributed by atoms with Crippen LogP contribution in [0, 0.1) is 11.6 Å². The van der Waals surface area contributed by atoms with E-state index in [4.69, 9.17) is 0 Å². The van der Waals surface area contributed by atoms with Gasteiger partial charge in [0, 0.05) is 11.8 Å². The molecule has 0 saturated carbocycles. The standard InChI is InChI=1S/C26H23F2N3O3/c1-16(29-23(32)13-17-11-19(27)14-20(28)12-17)25(33)30-24-22-10-6-5-7-18(22)15-31(26(24)34)21-8-3-2-4-9-21/h2-12,14,16,24H,13,15H2,1H3,(H,29,32)(H,30,33). The van der Waals surface area contributed by atoms with Crippen molar-refractivity contribution in [3.8, 4) is 0 Å². The molecular weight excluding hydrogens is 440 g/mol. The van der Waals surface area contributed by atoms with Crippen molar-refractivity contribution in [3.05, 3.63) is 101 Å². The van der Waals surface area contributed by atoms with Crippen LogP contribution in [0.25, 0.3) is 0 Å². The molecule has 1 aliphatic heterocycles. The number of rotatable bonds is 6. The third kappa shape index (κ3) is 5.11. The Balaban J connectivity index is 1.47. The van der Waals surface area contributed by atoms with Crippen molar-refractivity contribution in [2.75, 3.05) is 4.90 Å². The first-order valence-electron chi connectivity index (χ1n) is 10.8. The monoisotopic (exact) mass is 463 g/mol. The highest BCUT2D eigenvalue weighted by Gasteiger charge is 2.35. The molecule has 0 aliphatic carbocycles. The number of benzene rings is 3. The smallest absolute Gasteiger partial charge is 0.254 e. The SMILES string of the molecule is CC(NC(=O)Cc1cc(F)cc(F)c1)C(=O)NC1C(=O)N(c2ccccc2)Cc2ccccc21. The van der Waals surface area contributed by atoms with Crippen molar-refractivity contribution < 1.29 is 23.2 Å². The zero-order valence-electron chi connectivity index (χ0n) is 18.4. The Labute approximate surface area is 195 Å². The molecule has 0 spiro atoms. The summed E-state index contributed by atoms with van der Waals surface area (Å²) in [6.45, 7) is 1.86. The molecule has 34 heavy (non-hydrogen) atoms. The fourth-order valence-electron chi connectivity index (χ4n) is 3.99. The van der Waals surface area contributed by atoms with Crippen LogP contribution in [0.5, 0.6) is 0 Å². The minimum atomic E-state index is -0.974. The molecule has 0 saturated heterocycles. The van der Waals surface area contributed by atoms with Crippen molar-refractivity contribution in [3.63, 3.8) is 0 Å². The molecule has 6 nitrogen and oxygen atoms in total. The van der Waals surface area contributed by atoms with E-state index in [0.717, 1.165) is 23.8 Å². The number of para-hydroxylation sites is 1. The average Bonchev–Trinajstić information content (AvgIpc) is 2.80. The normalized spacial score (nSPS) is 15.9. The molecule has 0 aromatic heterocycles. The number of carbonyl (C=O) groups excluding carboxylic acids is 3. The maximum absolute atomic E-state index is 13.4. The number of carbonyl (C=O) groups is 3. The lowest BCUT2D eigenvalue weighted by Gasteiger charge is -2.35. The number of amides is 3. The first-order chi connectivity index (χ1) is 16.3. The molecule has 4 rings (SSSR count). The van der Waals surface area contributed by atoms with Crippen LogP contribution in [0.4, 0.5) is 14.5 Å². The molecule has 2 atom stereocenters. The van der Waals surface area contributed by atoms with Gasteiger partial charge in [-0.05, 0) is 47.9 Å². The highest BCUT2D eigenvalue weighted by atomic mass is 19.1. The summed E-state index contributed by atoms with van der Waals surface area (Å²) in [5, 5.41) is 5.26. The Bertz CT molecular complexity index is 1210. The number of nitrogens with one attached hydrogen (secondary N) is 2. The van der Waals surface area contributed by atoms with E-state index in [9.17, 15) is 23.2 Å². The van der Waals surface area contributed by atoms with Crippen molar-refractivity contribution in [2.45, 2.75) is 32.0 Å². The van der Waals surface area contributed by atoms with Crippen molar-refractivity contribution in [2.24, 2.45) is 0 Å². The van der Waals surface area contributed by atoms with Gasteiger partial charge in [0.2, 0.25) is 11.8 Å². The van der Waals surface area contributed by atoms with Crippen LogP contribution < -0.4 is 15.5 Å². The minimum absolute atomic E-state index is 0.150. The third-order valence-electron chi connectivity index (χ3n) is 5.62. The lowest BCUT2D eigenvalue weighted by molar-refractivity contribution is -0.131. The predicted octanol–water partition coefficient (Wildman–Crippen LogP) is 3.42. The van der Waals surface area contributed by atoms with Gasteiger partial charge < -0.3 is 15.5 Å². The molecule has 1 heterocycles. The van der Waals surface area contributed by atoms with E-state index in [1.165, 1.54) is 6.92 Å². The number of hydrogen-bond acceptors (Lipinski definition) is 3. The molecule has 3 aromatic rings. The van der Waals surface area contributed by atoms with Crippen LogP contribution in [-0.2, 0) is 27.3 Å². The van der Waals surface area contributed by atoms with Gasteiger partial charge in [0.05, 0.1) is 13.0 Å². The second-order valence-corrected chi connectivity index (χ2v) is 8.14. The number of halogens is 2. The second-order valence-electron chi connectivity index (χ2n) is 8.14. The van der Waals surface area contributed by atoms with Gasteiger partial charge in [-0.25, -0.2) is 8.78 Å². The number of anilines is 1. The summed E-state index contributed by atoms with van der Waals surface area (Å²) in [5.74, 6) is -2.99. The van der Waals surface area contributed by atoms with E-state index in [2.05, 4.69) is 10.6 Å². The summed E-state index contributed by atoms with van der Waals surface area (Å²) in [5.41, 5.74) is 2.46. The minimum Gasteiger partial charge on any atom is -0.344 e. The first kappa shape index (κ1) is 23.1. The summed E-state index contributed by atoms with van der Waals surface area (Å²) in [6.07, 6.45) is -0.292. The largest absolute Gasteiger partial charge is 0.344 e. The van der Waals surface area contributed by atoms with Gasteiger partial charge in [0.15, 0.2) is 0 Å². The van der Waals surface area contributed by atoms with Gasteiger partial charge in [-0.15, -0.1) is 0 Å². The van der Waals surface area contributed by atoms with Gasteiger partial charge in [-0.1, -0.05) is 42.5 Å². The first-order valence-corrected chi connectivity index (χ1v) is 10.8. The van der Waals surface area contributed by atoms with Crippen molar-refractivity contribution in [1.82, 2.24) is 10.6 Å². The van der Waals surface area contributed by atoms with Gasteiger partial charge >= 0.3 is 0 Å². The molecule has 174 valence electrons. The number of fused-ring (bicyclic) bond motifs is 1. The zero-order valence-corrected chi connectivity index (χ0v) is 18.4. The maximum atomic E-state index is 13.4. The van der Waals surface area contributed by atoms with E-state index in [1.807, 2.05) is 42.5 Å². The Morgan fingerprint density at radius 2 is 1.65 bits per heavy atom. The van der Waals surface area contributed by atoms with Crippen LogP contribution in [0.15, 0.2) is 72.8 Å². The molecule has 2 unspecified atom stereocenters. The molecule has 0 radical (unpaired) electrons. The van der Waals surface area contributed by atoms with E-state index in [0.29, 0.717) is 17.8 Å². The van der Waals surface area contributed by atoms with Gasteiger partial charge in [0.1, 0.15) is 23.7 Å². The number of hydrogen-bond donors (Lipinski definition) is 2. The van der Waals surface area contributed by atoms with Gasteiger partial charge in [0.25, 0.3) is 5.91 Å². The van der Waals surface area contributed by atoms with Gasteiger partial charge in [-0.2, -0.15) is 0 Å². The molecular formula is C26H23F2N3O3. The van der Waals surface area contributed by atoms with Crippen LogP contribution >= 0.6 is 0 Å². The Hall–Kier alpha value is -4.07. The van der Waals surface area contributed by atoms with Crippen LogP contribution in [0.2, 0.25) is 0 Å². The fraction of sp³-hybridized carbons (Fsp3) is 0.192. The van der Waals surface area contributed by atoms with E-state index in [-0.39, 0.29) is 17.9 Å². The quantitative estimate of drug-likeness (QED) is 0.588. The van der Waals surface area contributed by atoms with Crippen LogP contribution in [-0.4, -0.2) is 23.8 Å². The Kier molecular flexibility index (Phi) is 6.67. The third-order valence-corrected chi connectivity index (χ3v) is 5.62. The number of nitrogens with zero attached hydrogens (tertiary/aromatic N) is 1. The topological polar surface area (TPSA) is 78.5 Å². The zero-order chi connectivity index (χ0) is 24.2. The maximum Gasteiger partial charge on any atom is 0.254 e. The fourth-order valence-corrected chi connectivity index (χ4v) is 3.99. The summed E-state index contributed by atoms with van der Waals surface area (Å²) in [6, 6.07) is 17.5. The summed E-state index contributed by atoms with van der Waals surface area (Å²) < 4.78 is 26.7. The molecule has 8 heteroatoms. The molecule has 2 N–H and O–H groups in total. The lowest BCUT2D eigenvalue weighted by atomic mass is 9.94. The lowest BCUT2D eigenvalue weighted by Crippen LogP contribution is -2.51. The van der Waals surface area contributed by atoms with E-state index in [1.54, 1.807) is 17.0 Å². The molecule has 3 aromatic carbocycles. The van der Waals surface area contributed by atoms with Gasteiger partial charge in [-0.3, -0.25) is 14.4 Å². The van der Waals surface area contributed by atoms with Crippen molar-refractivity contribution in [1.29, 1.82) is 0 Å². The Morgan fingerprint density at radius 1 is 1.00 bits per heavy atom. The van der Waals surface area contributed by atoms with Crippen molar-refractivity contribution >= 4 is 23.4 Å².